The molecule has 1 fully saturated rings. The first-order chi connectivity index (χ1) is 7.59. The van der Waals surface area contributed by atoms with Gasteiger partial charge in [0.25, 0.3) is 0 Å². The standard InChI is InChI=1S/C12H21N3O/c1-12(2)5-4-11(16-12)9-15-8-10(6-13-3)7-14-15/h7-8,11,13H,4-6,9H2,1-3H3. The van der Waals surface area contributed by atoms with Gasteiger partial charge in [-0.25, -0.2) is 0 Å². The zero-order valence-electron chi connectivity index (χ0n) is 10.4. The summed E-state index contributed by atoms with van der Waals surface area (Å²) in [4.78, 5) is 0. The maximum atomic E-state index is 5.95. The molecule has 1 unspecified atom stereocenters. The molecular formula is C12H21N3O. The van der Waals surface area contributed by atoms with Gasteiger partial charge in [-0.1, -0.05) is 0 Å². The molecule has 0 radical (unpaired) electrons. The fourth-order valence-corrected chi connectivity index (χ4v) is 2.22. The molecule has 0 aliphatic carbocycles. The summed E-state index contributed by atoms with van der Waals surface area (Å²) in [6.45, 7) is 6.05. The average molecular weight is 223 g/mol. The third kappa shape index (κ3) is 2.83. The second kappa shape index (κ2) is 4.55. The zero-order chi connectivity index (χ0) is 11.6. The lowest BCUT2D eigenvalue weighted by Gasteiger charge is -2.19. The molecule has 1 aliphatic rings. The molecule has 0 saturated carbocycles. The van der Waals surface area contributed by atoms with Crippen LogP contribution in [0.5, 0.6) is 0 Å². The monoisotopic (exact) mass is 223 g/mol. The van der Waals surface area contributed by atoms with Crippen LogP contribution in [0.25, 0.3) is 0 Å². The predicted octanol–water partition coefficient (Wildman–Crippen LogP) is 1.56. The van der Waals surface area contributed by atoms with Crippen molar-refractivity contribution in [3.8, 4) is 0 Å². The van der Waals surface area contributed by atoms with Crippen LogP contribution in [-0.4, -0.2) is 28.5 Å². The topological polar surface area (TPSA) is 39.1 Å². The number of nitrogens with zero attached hydrogens (tertiary/aromatic N) is 2. The fraction of sp³-hybridized carbons (Fsp3) is 0.750. The van der Waals surface area contributed by atoms with E-state index >= 15 is 0 Å². The van der Waals surface area contributed by atoms with Crippen molar-refractivity contribution in [2.75, 3.05) is 7.05 Å². The van der Waals surface area contributed by atoms with Crippen molar-refractivity contribution >= 4 is 0 Å². The van der Waals surface area contributed by atoms with E-state index in [1.54, 1.807) is 0 Å². The number of ether oxygens (including phenoxy) is 1. The van der Waals surface area contributed by atoms with E-state index in [2.05, 4.69) is 30.5 Å². The highest BCUT2D eigenvalue weighted by Crippen LogP contribution is 2.29. The third-order valence-electron chi connectivity index (χ3n) is 3.01. The van der Waals surface area contributed by atoms with Gasteiger partial charge in [-0.3, -0.25) is 4.68 Å². The van der Waals surface area contributed by atoms with Gasteiger partial charge in [0.2, 0.25) is 0 Å². The Bertz CT molecular complexity index is 346. The summed E-state index contributed by atoms with van der Waals surface area (Å²) in [5.41, 5.74) is 1.27. The molecule has 0 bridgehead atoms. The normalized spacial score (nSPS) is 23.8. The van der Waals surface area contributed by atoms with Gasteiger partial charge in [-0.05, 0) is 33.7 Å². The summed E-state index contributed by atoms with van der Waals surface area (Å²) in [5.74, 6) is 0. The van der Waals surface area contributed by atoms with Crippen LogP contribution in [-0.2, 0) is 17.8 Å². The molecule has 4 nitrogen and oxygen atoms in total. The molecule has 0 spiro atoms. The van der Waals surface area contributed by atoms with Gasteiger partial charge >= 0.3 is 0 Å². The van der Waals surface area contributed by atoms with Crippen molar-refractivity contribution in [3.05, 3.63) is 18.0 Å². The highest BCUT2D eigenvalue weighted by atomic mass is 16.5. The van der Waals surface area contributed by atoms with Crippen LogP contribution in [0.3, 0.4) is 0 Å². The Morgan fingerprint density at radius 2 is 2.44 bits per heavy atom. The number of rotatable bonds is 4. The Morgan fingerprint density at radius 1 is 1.62 bits per heavy atom. The highest BCUT2D eigenvalue weighted by Gasteiger charge is 2.31. The largest absolute Gasteiger partial charge is 0.370 e. The van der Waals surface area contributed by atoms with Crippen LogP contribution in [0.15, 0.2) is 12.4 Å². The van der Waals surface area contributed by atoms with Gasteiger partial charge in [0.05, 0.1) is 24.4 Å². The molecule has 1 atom stereocenters. The number of nitrogens with one attached hydrogen (secondary N) is 1. The predicted molar refractivity (Wildman–Crippen MR) is 63.2 cm³/mol. The van der Waals surface area contributed by atoms with Gasteiger partial charge in [0.15, 0.2) is 0 Å². The molecule has 1 saturated heterocycles. The Hall–Kier alpha value is -0.870. The Balaban J connectivity index is 1.89. The van der Waals surface area contributed by atoms with Crippen molar-refractivity contribution in [1.29, 1.82) is 0 Å². The minimum Gasteiger partial charge on any atom is -0.370 e. The fourth-order valence-electron chi connectivity index (χ4n) is 2.22. The van der Waals surface area contributed by atoms with E-state index in [9.17, 15) is 0 Å². The molecule has 1 aromatic rings. The molecule has 16 heavy (non-hydrogen) atoms. The Kier molecular flexibility index (Phi) is 3.30. The van der Waals surface area contributed by atoms with Crippen LogP contribution in [0.4, 0.5) is 0 Å². The van der Waals surface area contributed by atoms with E-state index in [0.29, 0.717) is 6.10 Å². The molecule has 1 aromatic heterocycles. The van der Waals surface area contributed by atoms with Crippen molar-refractivity contribution in [2.24, 2.45) is 0 Å². The quantitative estimate of drug-likeness (QED) is 0.842. The van der Waals surface area contributed by atoms with E-state index in [0.717, 1.165) is 25.9 Å². The van der Waals surface area contributed by atoms with Gasteiger partial charge in [-0.2, -0.15) is 5.10 Å². The maximum Gasteiger partial charge on any atom is 0.0779 e. The molecule has 4 heteroatoms. The minimum atomic E-state index is 0.0472. The van der Waals surface area contributed by atoms with Gasteiger partial charge in [-0.15, -0.1) is 0 Å². The zero-order valence-corrected chi connectivity index (χ0v) is 10.4. The summed E-state index contributed by atoms with van der Waals surface area (Å²) < 4.78 is 7.93. The Labute approximate surface area is 97.0 Å². The van der Waals surface area contributed by atoms with Crippen LogP contribution in [0, 0.1) is 0 Å². The first-order valence-corrected chi connectivity index (χ1v) is 5.93. The lowest BCUT2D eigenvalue weighted by molar-refractivity contribution is -0.0229. The molecule has 1 N–H and O–H groups in total. The summed E-state index contributed by atoms with van der Waals surface area (Å²) >= 11 is 0. The number of aromatic nitrogens is 2. The van der Waals surface area contributed by atoms with Crippen LogP contribution < -0.4 is 5.32 Å². The summed E-state index contributed by atoms with van der Waals surface area (Å²) in [6, 6.07) is 0. The lowest BCUT2D eigenvalue weighted by Crippen LogP contribution is -2.23. The molecule has 2 heterocycles. The summed E-state index contributed by atoms with van der Waals surface area (Å²) in [7, 11) is 1.94. The SMILES string of the molecule is CNCc1cnn(CC2CCC(C)(C)O2)c1. The van der Waals surface area contributed by atoms with Crippen molar-refractivity contribution in [1.82, 2.24) is 15.1 Å². The molecule has 0 aromatic carbocycles. The maximum absolute atomic E-state index is 5.95. The van der Waals surface area contributed by atoms with Gasteiger partial charge in [0.1, 0.15) is 0 Å². The second-order valence-corrected chi connectivity index (χ2v) is 5.14. The average Bonchev–Trinajstić information content (AvgIpc) is 2.75. The highest BCUT2D eigenvalue weighted by molar-refractivity contribution is 5.03. The van der Waals surface area contributed by atoms with E-state index in [4.69, 9.17) is 4.74 Å². The van der Waals surface area contributed by atoms with Gasteiger partial charge in [0, 0.05) is 18.3 Å². The lowest BCUT2D eigenvalue weighted by atomic mass is 10.1. The number of hydrogen-bond acceptors (Lipinski definition) is 3. The first kappa shape index (κ1) is 11.6. The smallest absolute Gasteiger partial charge is 0.0779 e. The molecule has 90 valence electrons. The molecule has 1 aliphatic heterocycles. The minimum absolute atomic E-state index is 0.0472. The van der Waals surface area contributed by atoms with Crippen molar-refractivity contribution < 1.29 is 4.74 Å². The van der Waals surface area contributed by atoms with E-state index < -0.39 is 0 Å². The Morgan fingerprint density at radius 3 is 3.06 bits per heavy atom. The van der Waals surface area contributed by atoms with E-state index in [1.165, 1.54) is 5.56 Å². The number of hydrogen-bond donors (Lipinski definition) is 1. The summed E-state index contributed by atoms with van der Waals surface area (Å²) in [6.07, 6.45) is 6.59. The molecular weight excluding hydrogens is 202 g/mol. The third-order valence-corrected chi connectivity index (χ3v) is 3.01. The van der Waals surface area contributed by atoms with Crippen molar-refractivity contribution in [2.45, 2.75) is 51.5 Å². The molecule has 2 rings (SSSR count). The second-order valence-electron chi connectivity index (χ2n) is 5.14. The first-order valence-electron chi connectivity index (χ1n) is 5.93. The van der Waals surface area contributed by atoms with Gasteiger partial charge < -0.3 is 10.1 Å². The van der Waals surface area contributed by atoms with E-state index in [1.807, 2.05) is 17.9 Å². The van der Waals surface area contributed by atoms with E-state index in [-0.39, 0.29) is 5.60 Å². The van der Waals surface area contributed by atoms with Crippen molar-refractivity contribution in [3.63, 3.8) is 0 Å². The van der Waals surface area contributed by atoms with Crippen LogP contribution in [0.1, 0.15) is 32.3 Å². The van der Waals surface area contributed by atoms with Crippen LogP contribution in [0.2, 0.25) is 0 Å². The molecule has 0 amide bonds. The van der Waals surface area contributed by atoms with Crippen LogP contribution >= 0.6 is 0 Å². The summed E-state index contributed by atoms with van der Waals surface area (Å²) in [5, 5.41) is 7.46.